The van der Waals surface area contributed by atoms with Gasteiger partial charge in [0.15, 0.2) is 11.5 Å². The van der Waals surface area contributed by atoms with E-state index in [9.17, 15) is 5.11 Å². The molecule has 1 aromatic carbocycles. The van der Waals surface area contributed by atoms with Gasteiger partial charge in [-0.3, -0.25) is 0 Å². The van der Waals surface area contributed by atoms with Crippen LogP contribution in [0.15, 0.2) is 12.1 Å². The van der Waals surface area contributed by atoms with Crippen LogP contribution in [0, 0.1) is 16.7 Å². The maximum atomic E-state index is 12.0. The first kappa shape index (κ1) is 20.3. The van der Waals surface area contributed by atoms with Crippen molar-refractivity contribution in [2.24, 2.45) is 16.7 Å². The highest BCUT2D eigenvalue weighted by atomic mass is 16.6. The lowest BCUT2D eigenvalue weighted by molar-refractivity contribution is -0.303. The molecule has 4 aliphatic carbocycles. The van der Waals surface area contributed by atoms with Crippen molar-refractivity contribution in [3.8, 4) is 11.5 Å². The molecule has 2 aliphatic heterocycles. The summed E-state index contributed by atoms with van der Waals surface area (Å²) in [5.41, 5.74) is 1.13. The van der Waals surface area contributed by atoms with Gasteiger partial charge in [0.05, 0.1) is 12.7 Å². The third-order valence-corrected chi connectivity index (χ3v) is 10.6. The van der Waals surface area contributed by atoms with Crippen LogP contribution >= 0.6 is 0 Å². The second-order valence-electron chi connectivity index (χ2n) is 12.0. The van der Waals surface area contributed by atoms with E-state index in [1.165, 1.54) is 11.1 Å². The Labute approximate surface area is 185 Å². The zero-order valence-electron chi connectivity index (χ0n) is 19.8. The molecule has 2 N–H and O–H groups in total. The van der Waals surface area contributed by atoms with Crippen molar-refractivity contribution in [2.45, 2.75) is 88.6 Å². The summed E-state index contributed by atoms with van der Waals surface area (Å²) < 4.78 is 19.3. The van der Waals surface area contributed by atoms with Crippen LogP contribution in [0.2, 0.25) is 0 Å². The summed E-state index contributed by atoms with van der Waals surface area (Å²) >= 11 is 0. The van der Waals surface area contributed by atoms with Crippen LogP contribution < -0.4 is 14.8 Å². The van der Waals surface area contributed by atoms with Crippen molar-refractivity contribution in [3.63, 3.8) is 0 Å². The van der Waals surface area contributed by atoms with Gasteiger partial charge in [0.2, 0.25) is 0 Å². The molecule has 5 heteroatoms. The van der Waals surface area contributed by atoms with Gasteiger partial charge < -0.3 is 24.6 Å². The standard InChI is InChI=1S/C26H37NO4/c1-22(2,3)23(4,28)17-14-24-9-10-26(17,30-6)21-25(24)11-12-27-18(24)13-15-7-8-16(29-5)20(31-21)19(15)25/h7-8,17-18,21,27-28H,9-14H2,1-6H3/t17-,18-,21-,23+,24-,25+,26?/m1/s1. The van der Waals surface area contributed by atoms with E-state index >= 15 is 0 Å². The predicted octanol–water partition coefficient (Wildman–Crippen LogP) is 3.59. The minimum absolute atomic E-state index is 0.00105. The van der Waals surface area contributed by atoms with Gasteiger partial charge in [-0.15, -0.1) is 0 Å². The number of hydrogen-bond acceptors (Lipinski definition) is 5. The van der Waals surface area contributed by atoms with Gasteiger partial charge >= 0.3 is 0 Å². The molecule has 7 atom stereocenters. The second-order valence-corrected chi connectivity index (χ2v) is 12.0. The largest absolute Gasteiger partial charge is 0.493 e. The molecular formula is C26H37NO4. The minimum atomic E-state index is -0.880. The van der Waals surface area contributed by atoms with Crippen LogP contribution in [0.5, 0.6) is 11.5 Å². The normalized spacial score (nSPS) is 43.8. The Kier molecular flexibility index (Phi) is 3.79. The number of ether oxygens (including phenoxy) is 3. The van der Waals surface area contributed by atoms with Crippen LogP contribution in [0.4, 0.5) is 0 Å². The van der Waals surface area contributed by atoms with Gasteiger partial charge in [0.1, 0.15) is 11.7 Å². The Morgan fingerprint density at radius 2 is 1.90 bits per heavy atom. The van der Waals surface area contributed by atoms with Crippen LogP contribution in [-0.4, -0.2) is 49.2 Å². The number of rotatable bonds is 3. The summed E-state index contributed by atoms with van der Waals surface area (Å²) in [7, 11) is 3.57. The van der Waals surface area contributed by atoms with Crippen molar-refractivity contribution >= 4 is 0 Å². The van der Waals surface area contributed by atoms with Gasteiger partial charge in [-0.2, -0.15) is 0 Å². The molecule has 6 aliphatic rings. The molecule has 5 nitrogen and oxygen atoms in total. The van der Waals surface area contributed by atoms with E-state index in [2.05, 4.69) is 38.2 Å². The molecule has 1 unspecified atom stereocenters. The van der Waals surface area contributed by atoms with Crippen molar-refractivity contribution in [2.75, 3.05) is 20.8 Å². The number of methoxy groups -OCH3 is 2. The van der Waals surface area contributed by atoms with E-state index < -0.39 is 11.2 Å². The lowest BCUT2D eigenvalue weighted by Gasteiger charge is -2.74. The molecular weight excluding hydrogens is 390 g/mol. The Bertz CT molecular complexity index is 951. The molecule has 170 valence electrons. The van der Waals surface area contributed by atoms with Crippen LogP contribution in [0.1, 0.15) is 64.5 Å². The van der Waals surface area contributed by atoms with Crippen LogP contribution in [0.25, 0.3) is 0 Å². The summed E-state index contributed by atoms with van der Waals surface area (Å²) in [6.07, 6.45) is 4.99. The number of aliphatic hydroxyl groups is 1. The highest BCUT2D eigenvalue weighted by Crippen LogP contribution is 2.77. The Morgan fingerprint density at radius 3 is 2.58 bits per heavy atom. The number of piperidine rings is 1. The topological polar surface area (TPSA) is 60.0 Å². The summed E-state index contributed by atoms with van der Waals surface area (Å²) in [5, 5.41) is 15.9. The highest BCUT2D eigenvalue weighted by molar-refractivity contribution is 5.63. The van der Waals surface area contributed by atoms with Gasteiger partial charge in [0, 0.05) is 35.5 Å². The predicted molar refractivity (Wildman–Crippen MR) is 119 cm³/mol. The number of hydrogen-bond donors (Lipinski definition) is 2. The zero-order valence-corrected chi connectivity index (χ0v) is 19.8. The molecule has 1 aromatic rings. The average Bonchev–Trinajstić information content (AvgIpc) is 3.09. The third kappa shape index (κ3) is 1.98. The Morgan fingerprint density at radius 1 is 1.13 bits per heavy atom. The lowest BCUT2D eigenvalue weighted by atomic mass is 9.33. The highest BCUT2D eigenvalue weighted by Gasteiger charge is 2.81. The molecule has 2 spiro atoms. The number of benzene rings is 1. The monoisotopic (exact) mass is 427 g/mol. The summed E-state index contributed by atoms with van der Waals surface area (Å²) in [5.74, 6) is 1.77. The van der Waals surface area contributed by atoms with Gasteiger partial charge in [-0.05, 0) is 62.6 Å². The first-order chi connectivity index (χ1) is 14.6. The maximum absolute atomic E-state index is 12.0. The van der Waals surface area contributed by atoms with E-state index in [-0.39, 0.29) is 28.3 Å². The quantitative estimate of drug-likeness (QED) is 0.772. The van der Waals surface area contributed by atoms with Crippen LogP contribution in [0.3, 0.4) is 0 Å². The van der Waals surface area contributed by atoms with E-state index in [4.69, 9.17) is 14.2 Å². The maximum Gasteiger partial charge on any atom is 0.165 e. The Hall–Kier alpha value is -1.30. The molecule has 2 heterocycles. The molecule has 4 fully saturated rings. The SMILES string of the molecule is COc1ccc2c3c1O[C@H]1C4(OC)CC[C@@]5(C[C@@H]4[C@](C)(O)C(C)(C)C)[C@@H](C2)NCC[C@]315. The van der Waals surface area contributed by atoms with E-state index in [0.29, 0.717) is 6.04 Å². The number of nitrogens with one attached hydrogen (secondary N) is 1. The molecule has 31 heavy (non-hydrogen) atoms. The Balaban J connectivity index is 1.64. The fraction of sp³-hybridized carbons (Fsp3) is 0.769. The molecule has 4 bridgehead atoms. The van der Waals surface area contributed by atoms with Crippen molar-refractivity contribution < 1.29 is 19.3 Å². The second kappa shape index (κ2) is 5.78. The average molecular weight is 428 g/mol. The molecule has 0 radical (unpaired) electrons. The number of fused-ring (bicyclic) bond motifs is 2. The smallest absolute Gasteiger partial charge is 0.165 e. The first-order valence-electron chi connectivity index (χ1n) is 12.0. The van der Waals surface area contributed by atoms with Gasteiger partial charge in [-0.1, -0.05) is 26.8 Å². The van der Waals surface area contributed by atoms with Crippen molar-refractivity contribution in [1.29, 1.82) is 0 Å². The van der Waals surface area contributed by atoms with E-state index in [1.54, 1.807) is 7.11 Å². The van der Waals surface area contributed by atoms with Crippen molar-refractivity contribution in [1.82, 2.24) is 5.32 Å². The molecule has 7 rings (SSSR count). The minimum Gasteiger partial charge on any atom is -0.493 e. The summed E-state index contributed by atoms with van der Waals surface area (Å²) in [6, 6.07) is 4.73. The molecule has 0 aromatic heterocycles. The molecule has 3 saturated carbocycles. The van der Waals surface area contributed by atoms with E-state index in [0.717, 1.165) is 50.1 Å². The van der Waals surface area contributed by atoms with Gasteiger partial charge in [0.25, 0.3) is 0 Å². The molecule has 1 saturated heterocycles. The van der Waals surface area contributed by atoms with Crippen molar-refractivity contribution in [3.05, 3.63) is 23.3 Å². The molecule has 0 amide bonds. The first-order valence-corrected chi connectivity index (χ1v) is 12.0. The lowest BCUT2D eigenvalue weighted by Crippen LogP contribution is -2.83. The summed E-state index contributed by atoms with van der Waals surface area (Å²) in [4.78, 5) is 0. The third-order valence-electron chi connectivity index (χ3n) is 10.6. The fourth-order valence-electron chi connectivity index (χ4n) is 8.68. The summed E-state index contributed by atoms with van der Waals surface area (Å²) in [6.45, 7) is 9.48. The van der Waals surface area contributed by atoms with Gasteiger partial charge in [-0.25, -0.2) is 0 Å². The van der Waals surface area contributed by atoms with Crippen LogP contribution in [-0.2, 0) is 16.6 Å². The van der Waals surface area contributed by atoms with E-state index in [1.807, 2.05) is 14.0 Å². The zero-order chi connectivity index (χ0) is 22.0. The fourth-order valence-corrected chi connectivity index (χ4v) is 8.68.